The summed E-state index contributed by atoms with van der Waals surface area (Å²) in [5, 5.41) is 0. The van der Waals surface area contributed by atoms with Gasteiger partial charge < -0.3 is 37.6 Å². The van der Waals surface area contributed by atoms with E-state index in [1.807, 2.05) is 0 Å². The average Bonchev–Trinajstić information content (AvgIpc) is 2.78. The summed E-state index contributed by atoms with van der Waals surface area (Å²) in [6.45, 7) is 15.4. The first-order valence-corrected chi connectivity index (χ1v) is 16.2. The van der Waals surface area contributed by atoms with Crippen molar-refractivity contribution < 1.29 is 37.6 Å². The maximum absolute atomic E-state index is 5.71. The summed E-state index contributed by atoms with van der Waals surface area (Å²) >= 11 is 5.64. The third-order valence-corrected chi connectivity index (χ3v) is 5.50. The standard InChI is InChI=1S/C23H49ClO8Si/c1-33(2,3)32-23-22-31-21-20-30-19-18-29-17-16-28-15-14-27-13-12-26-11-10-25-9-7-5-4-6-8-24/h4-23H2,1-3H3. The fraction of sp³-hybridized carbons (Fsp3) is 1.00. The summed E-state index contributed by atoms with van der Waals surface area (Å²) in [5.74, 6) is 0.751. The minimum atomic E-state index is -1.43. The summed E-state index contributed by atoms with van der Waals surface area (Å²) in [4.78, 5) is 0. The van der Waals surface area contributed by atoms with Crippen LogP contribution in [0.15, 0.2) is 0 Å². The third-order valence-electron chi connectivity index (χ3n) is 4.17. The summed E-state index contributed by atoms with van der Waals surface area (Å²) in [5.41, 5.74) is 0. The van der Waals surface area contributed by atoms with Crippen molar-refractivity contribution >= 4 is 19.9 Å². The molecule has 0 unspecified atom stereocenters. The third kappa shape index (κ3) is 32.2. The van der Waals surface area contributed by atoms with Crippen molar-refractivity contribution in [2.24, 2.45) is 0 Å². The molecule has 0 heterocycles. The van der Waals surface area contributed by atoms with Gasteiger partial charge in [0.05, 0.1) is 92.5 Å². The van der Waals surface area contributed by atoms with E-state index in [4.69, 9.17) is 49.2 Å². The minimum absolute atomic E-state index is 0.545. The number of rotatable bonds is 28. The topological polar surface area (TPSA) is 73.8 Å². The lowest BCUT2D eigenvalue weighted by atomic mass is 10.2. The number of alkyl halides is 1. The Morgan fingerprint density at radius 2 is 0.697 bits per heavy atom. The lowest BCUT2D eigenvalue weighted by Crippen LogP contribution is -2.27. The van der Waals surface area contributed by atoms with Crippen molar-refractivity contribution in [1.82, 2.24) is 0 Å². The maximum Gasteiger partial charge on any atom is 0.183 e. The first-order chi connectivity index (χ1) is 16.1. The molecule has 0 amide bonds. The molecule has 10 heteroatoms. The molecule has 0 fully saturated rings. The minimum Gasteiger partial charge on any atom is -0.415 e. The van der Waals surface area contributed by atoms with Gasteiger partial charge in [-0.1, -0.05) is 12.8 Å². The van der Waals surface area contributed by atoms with E-state index in [1.54, 1.807) is 0 Å². The van der Waals surface area contributed by atoms with Gasteiger partial charge in [0, 0.05) is 12.5 Å². The first kappa shape index (κ1) is 33.2. The van der Waals surface area contributed by atoms with Gasteiger partial charge in [-0.3, -0.25) is 0 Å². The van der Waals surface area contributed by atoms with E-state index in [0.717, 1.165) is 25.3 Å². The van der Waals surface area contributed by atoms with Crippen LogP contribution in [0.3, 0.4) is 0 Å². The predicted molar refractivity (Wildman–Crippen MR) is 134 cm³/mol. The number of hydrogen-bond acceptors (Lipinski definition) is 8. The number of ether oxygens (including phenoxy) is 7. The van der Waals surface area contributed by atoms with E-state index in [-0.39, 0.29) is 0 Å². The van der Waals surface area contributed by atoms with Crippen LogP contribution in [0.25, 0.3) is 0 Å². The summed E-state index contributed by atoms with van der Waals surface area (Å²) in [7, 11) is -1.43. The van der Waals surface area contributed by atoms with E-state index in [1.165, 1.54) is 12.8 Å². The summed E-state index contributed by atoms with van der Waals surface area (Å²) in [6.07, 6.45) is 4.53. The first-order valence-electron chi connectivity index (χ1n) is 12.3. The Labute approximate surface area is 207 Å². The fourth-order valence-corrected chi connectivity index (χ4v) is 3.37. The van der Waals surface area contributed by atoms with E-state index in [9.17, 15) is 0 Å². The van der Waals surface area contributed by atoms with Gasteiger partial charge >= 0.3 is 0 Å². The highest BCUT2D eigenvalue weighted by Gasteiger charge is 2.12. The van der Waals surface area contributed by atoms with Crippen LogP contribution in [0.1, 0.15) is 25.7 Å². The van der Waals surface area contributed by atoms with E-state index in [2.05, 4.69) is 19.6 Å². The van der Waals surface area contributed by atoms with Crippen LogP contribution in [0, 0.1) is 0 Å². The molecular weight excluding hydrogens is 468 g/mol. The molecule has 200 valence electrons. The van der Waals surface area contributed by atoms with Crippen molar-refractivity contribution in [3.63, 3.8) is 0 Å². The van der Waals surface area contributed by atoms with Gasteiger partial charge in [-0.15, -0.1) is 11.6 Å². The molecule has 8 nitrogen and oxygen atoms in total. The van der Waals surface area contributed by atoms with Crippen LogP contribution in [-0.2, 0) is 37.6 Å². The van der Waals surface area contributed by atoms with Crippen molar-refractivity contribution in [2.75, 3.05) is 105 Å². The molecule has 0 spiro atoms. The van der Waals surface area contributed by atoms with Gasteiger partial charge in [0.15, 0.2) is 8.32 Å². The molecule has 0 aliphatic rings. The quantitative estimate of drug-likeness (QED) is 0.0884. The Morgan fingerprint density at radius 3 is 1.03 bits per heavy atom. The lowest BCUT2D eigenvalue weighted by Gasteiger charge is -2.16. The van der Waals surface area contributed by atoms with Crippen LogP contribution in [0.5, 0.6) is 0 Å². The van der Waals surface area contributed by atoms with Gasteiger partial charge in [-0.25, -0.2) is 0 Å². The normalized spacial score (nSPS) is 12.0. The van der Waals surface area contributed by atoms with Crippen LogP contribution < -0.4 is 0 Å². The molecule has 0 aromatic rings. The molecule has 0 aromatic carbocycles. The summed E-state index contributed by atoms with van der Waals surface area (Å²) < 4.78 is 44.0. The second-order valence-corrected chi connectivity index (χ2v) is 13.2. The Kier molecular flexibility index (Phi) is 26.9. The molecule has 0 saturated carbocycles. The maximum atomic E-state index is 5.71. The molecule has 0 aliphatic heterocycles. The monoisotopic (exact) mass is 516 g/mol. The van der Waals surface area contributed by atoms with Crippen molar-refractivity contribution in [3.05, 3.63) is 0 Å². The molecule has 0 N–H and O–H groups in total. The van der Waals surface area contributed by atoms with E-state index >= 15 is 0 Å². The van der Waals surface area contributed by atoms with Gasteiger partial charge in [-0.2, -0.15) is 0 Å². The summed E-state index contributed by atoms with van der Waals surface area (Å²) in [6, 6.07) is 0. The molecule has 0 saturated heterocycles. The molecule has 33 heavy (non-hydrogen) atoms. The van der Waals surface area contributed by atoms with Crippen LogP contribution >= 0.6 is 11.6 Å². The van der Waals surface area contributed by atoms with E-state index < -0.39 is 8.32 Å². The van der Waals surface area contributed by atoms with Gasteiger partial charge in [0.1, 0.15) is 0 Å². The molecule has 0 radical (unpaired) electrons. The van der Waals surface area contributed by atoms with Gasteiger partial charge in [0.25, 0.3) is 0 Å². The Morgan fingerprint density at radius 1 is 0.394 bits per heavy atom. The van der Waals surface area contributed by atoms with Crippen molar-refractivity contribution in [1.29, 1.82) is 0 Å². The zero-order valence-electron chi connectivity index (χ0n) is 21.3. The highest BCUT2D eigenvalue weighted by Crippen LogP contribution is 2.02. The fourth-order valence-electron chi connectivity index (χ4n) is 2.48. The van der Waals surface area contributed by atoms with Crippen LogP contribution in [0.4, 0.5) is 0 Å². The predicted octanol–water partition coefficient (Wildman–Crippen LogP) is 3.75. The molecule has 0 aliphatic carbocycles. The average molecular weight is 517 g/mol. The zero-order valence-corrected chi connectivity index (χ0v) is 23.0. The van der Waals surface area contributed by atoms with Crippen LogP contribution in [0.2, 0.25) is 19.6 Å². The second kappa shape index (κ2) is 26.8. The zero-order chi connectivity index (χ0) is 24.3. The Hall–Kier alpha value is 0.187. The van der Waals surface area contributed by atoms with E-state index in [0.29, 0.717) is 92.5 Å². The van der Waals surface area contributed by atoms with Crippen LogP contribution in [-0.4, -0.2) is 113 Å². The largest absolute Gasteiger partial charge is 0.415 e. The number of halogens is 1. The molecule has 0 aromatic heterocycles. The Balaban J connectivity index is 3.03. The smallest absolute Gasteiger partial charge is 0.183 e. The number of unbranched alkanes of at least 4 members (excludes halogenated alkanes) is 3. The Bertz CT molecular complexity index is 375. The second-order valence-electron chi connectivity index (χ2n) is 8.35. The molecule has 0 bridgehead atoms. The van der Waals surface area contributed by atoms with Gasteiger partial charge in [-0.05, 0) is 32.5 Å². The van der Waals surface area contributed by atoms with Gasteiger partial charge in [0.2, 0.25) is 0 Å². The SMILES string of the molecule is C[Si](C)(C)OCCOCCOCCOCCOCCOCCOCCOCCCCCCCl. The highest BCUT2D eigenvalue weighted by atomic mass is 35.5. The number of hydrogen-bond donors (Lipinski definition) is 0. The highest BCUT2D eigenvalue weighted by molar-refractivity contribution is 6.69. The van der Waals surface area contributed by atoms with Crippen molar-refractivity contribution in [3.8, 4) is 0 Å². The molecule has 0 rings (SSSR count). The lowest BCUT2D eigenvalue weighted by molar-refractivity contribution is -0.0213. The molecule has 0 atom stereocenters. The molecular formula is C23H49ClO8Si. The van der Waals surface area contributed by atoms with Crippen molar-refractivity contribution in [2.45, 2.75) is 45.3 Å².